The third kappa shape index (κ3) is 7.87. The molecule has 0 aromatic heterocycles. The minimum absolute atomic E-state index is 0.0119. The molecule has 6 heteroatoms. The smallest absolute Gasteiger partial charge is 0.213 e. The van der Waals surface area contributed by atoms with Crippen LogP contribution in [0.25, 0.3) is 0 Å². The van der Waals surface area contributed by atoms with Crippen LogP contribution in [0.2, 0.25) is 0 Å². The molecule has 1 heterocycles. The summed E-state index contributed by atoms with van der Waals surface area (Å²) < 4.78 is 26.6. The Kier molecular flexibility index (Phi) is 7.28. The van der Waals surface area contributed by atoms with Crippen molar-refractivity contribution in [1.82, 2.24) is 14.9 Å². The molecule has 0 amide bonds. The Hall–Kier alpha value is -0.170. The van der Waals surface area contributed by atoms with Crippen LogP contribution in [0.5, 0.6) is 0 Å². The van der Waals surface area contributed by atoms with Crippen LogP contribution >= 0.6 is 0 Å². The fourth-order valence-corrected chi connectivity index (χ4v) is 3.61. The molecule has 0 aromatic rings. The van der Waals surface area contributed by atoms with Crippen molar-refractivity contribution in [3.05, 3.63) is 0 Å². The fraction of sp³-hybridized carbons (Fsp3) is 1.00. The van der Waals surface area contributed by atoms with Crippen LogP contribution in [-0.2, 0) is 10.0 Å². The van der Waals surface area contributed by atoms with Gasteiger partial charge in [-0.05, 0) is 32.9 Å². The number of nitrogens with zero attached hydrogens (tertiary/aromatic N) is 1. The van der Waals surface area contributed by atoms with Gasteiger partial charge in [-0.25, -0.2) is 13.1 Å². The van der Waals surface area contributed by atoms with Crippen molar-refractivity contribution < 1.29 is 8.42 Å². The number of rotatable bonds is 8. The molecule has 1 aliphatic heterocycles. The molecule has 0 aliphatic carbocycles. The fourth-order valence-electron chi connectivity index (χ4n) is 2.41. The van der Waals surface area contributed by atoms with Crippen LogP contribution in [0.15, 0.2) is 0 Å². The summed E-state index contributed by atoms with van der Waals surface area (Å²) >= 11 is 0. The molecule has 19 heavy (non-hydrogen) atoms. The Labute approximate surface area is 118 Å². The van der Waals surface area contributed by atoms with Crippen molar-refractivity contribution in [3.63, 3.8) is 0 Å². The normalized spacial score (nSPS) is 19.8. The molecule has 1 aliphatic rings. The van der Waals surface area contributed by atoms with Gasteiger partial charge in [-0.15, -0.1) is 0 Å². The molecule has 0 spiro atoms. The predicted octanol–water partition coefficient (Wildman–Crippen LogP) is 0.778. The molecule has 1 fully saturated rings. The van der Waals surface area contributed by atoms with Gasteiger partial charge in [-0.1, -0.05) is 20.3 Å². The maximum Gasteiger partial charge on any atom is 0.213 e. The van der Waals surface area contributed by atoms with Gasteiger partial charge in [-0.2, -0.15) is 0 Å². The average molecular weight is 291 g/mol. The minimum Gasteiger partial charge on any atom is -0.313 e. The summed E-state index contributed by atoms with van der Waals surface area (Å²) in [6.45, 7) is 9.49. The Morgan fingerprint density at radius 3 is 2.32 bits per heavy atom. The Bertz CT molecular complexity index is 338. The van der Waals surface area contributed by atoms with Crippen molar-refractivity contribution in [3.8, 4) is 0 Å². The lowest BCUT2D eigenvalue weighted by atomic mass is 10.1. The molecular formula is C13H29N3O2S. The van der Waals surface area contributed by atoms with Gasteiger partial charge in [0.15, 0.2) is 0 Å². The van der Waals surface area contributed by atoms with E-state index < -0.39 is 10.0 Å². The average Bonchev–Trinajstić information content (AvgIpc) is 2.28. The largest absolute Gasteiger partial charge is 0.313 e. The maximum atomic E-state index is 11.9. The van der Waals surface area contributed by atoms with E-state index >= 15 is 0 Å². The lowest BCUT2D eigenvalue weighted by Crippen LogP contribution is -2.45. The topological polar surface area (TPSA) is 61.4 Å². The van der Waals surface area contributed by atoms with E-state index in [0.717, 1.165) is 19.6 Å². The summed E-state index contributed by atoms with van der Waals surface area (Å²) in [5, 5.41) is 3.13. The third-order valence-electron chi connectivity index (χ3n) is 3.28. The van der Waals surface area contributed by atoms with Crippen molar-refractivity contribution in [1.29, 1.82) is 0 Å². The maximum absolute atomic E-state index is 11.9. The van der Waals surface area contributed by atoms with Crippen molar-refractivity contribution in [2.24, 2.45) is 0 Å². The predicted molar refractivity (Wildman–Crippen MR) is 79.8 cm³/mol. The first-order valence-corrected chi connectivity index (χ1v) is 9.00. The highest BCUT2D eigenvalue weighted by atomic mass is 32.2. The second-order valence-electron chi connectivity index (χ2n) is 5.81. The van der Waals surface area contributed by atoms with E-state index in [0.29, 0.717) is 12.6 Å². The van der Waals surface area contributed by atoms with Crippen molar-refractivity contribution in [2.45, 2.75) is 52.1 Å². The molecule has 1 unspecified atom stereocenters. The molecule has 1 saturated heterocycles. The highest BCUT2D eigenvalue weighted by Gasteiger charge is 2.18. The monoisotopic (exact) mass is 291 g/mol. The molecule has 0 saturated carbocycles. The first-order valence-electron chi connectivity index (χ1n) is 7.35. The lowest BCUT2D eigenvalue weighted by molar-refractivity contribution is 0.215. The number of sulfonamides is 1. The van der Waals surface area contributed by atoms with Gasteiger partial charge in [0.25, 0.3) is 0 Å². The van der Waals surface area contributed by atoms with E-state index in [-0.39, 0.29) is 11.8 Å². The zero-order chi connectivity index (χ0) is 14.3. The standard InChI is InChI=1S/C13H29N3O2S/c1-12(2)14-7-10-19(17,18)15-13(3)11-16-8-5-4-6-9-16/h12-15H,4-11H2,1-3H3. The third-order valence-corrected chi connectivity index (χ3v) is 4.79. The van der Waals surface area contributed by atoms with E-state index in [4.69, 9.17) is 0 Å². The van der Waals surface area contributed by atoms with E-state index in [9.17, 15) is 8.42 Å². The Morgan fingerprint density at radius 1 is 1.11 bits per heavy atom. The van der Waals surface area contributed by atoms with Gasteiger partial charge >= 0.3 is 0 Å². The number of hydrogen-bond donors (Lipinski definition) is 2. The van der Waals surface area contributed by atoms with Gasteiger partial charge in [0.05, 0.1) is 5.75 Å². The van der Waals surface area contributed by atoms with Gasteiger partial charge in [0, 0.05) is 25.2 Å². The van der Waals surface area contributed by atoms with Crippen molar-refractivity contribution in [2.75, 3.05) is 31.9 Å². The first-order chi connectivity index (χ1) is 8.89. The molecule has 0 radical (unpaired) electrons. The van der Waals surface area contributed by atoms with Gasteiger partial charge in [0.1, 0.15) is 0 Å². The summed E-state index contributed by atoms with van der Waals surface area (Å²) in [4.78, 5) is 2.35. The second-order valence-corrected chi connectivity index (χ2v) is 7.68. The minimum atomic E-state index is -3.17. The molecular weight excluding hydrogens is 262 g/mol. The summed E-state index contributed by atoms with van der Waals surface area (Å²) in [7, 11) is -3.17. The lowest BCUT2D eigenvalue weighted by Gasteiger charge is -2.29. The summed E-state index contributed by atoms with van der Waals surface area (Å²) in [5.41, 5.74) is 0. The zero-order valence-electron chi connectivity index (χ0n) is 12.5. The van der Waals surface area contributed by atoms with Crippen LogP contribution in [0, 0.1) is 0 Å². The summed E-state index contributed by atoms with van der Waals surface area (Å²) in [6, 6.07) is 0.308. The Morgan fingerprint density at radius 2 is 1.74 bits per heavy atom. The highest BCUT2D eigenvalue weighted by Crippen LogP contribution is 2.08. The van der Waals surface area contributed by atoms with E-state index in [1.807, 2.05) is 20.8 Å². The number of hydrogen-bond acceptors (Lipinski definition) is 4. The van der Waals surface area contributed by atoms with Crippen LogP contribution in [0.3, 0.4) is 0 Å². The molecule has 0 aromatic carbocycles. The van der Waals surface area contributed by atoms with E-state index in [1.54, 1.807) is 0 Å². The van der Waals surface area contributed by atoms with Gasteiger partial charge in [-0.3, -0.25) is 0 Å². The van der Waals surface area contributed by atoms with Gasteiger partial charge in [0.2, 0.25) is 10.0 Å². The molecule has 2 N–H and O–H groups in total. The molecule has 1 atom stereocenters. The second kappa shape index (κ2) is 8.19. The first kappa shape index (κ1) is 16.9. The van der Waals surface area contributed by atoms with Gasteiger partial charge < -0.3 is 10.2 Å². The number of nitrogens with one attached hydrogen (secondary N) is 2. The van der Waals surface area contributed by atoms with Crippen LogP contribution in [0.1, 0.15) is 40.0 Å². The SMILES string of the molecule is CC(C)NCCS(=O)(=O)NC(C)CN1CCCCC1. The quantitative estimate of drug-likeness (QED) is 0.694. The van der Waals surface area contributed by atoms with Crippen LogP contribution in [-0.4, -0.2) is 57.3 Å². The molecule has 5 nitrogen and oxygen atoms in total. The van der Waals surface area contributed by atoms with Crippen LogP contribution in [0.4, 0.5) is 0 Å². The zero-order valence-corrected chi connectivity index (χ0v) is 13.3. The molecule has 1 rings (SSSR count). The van der Waals surface area contributed by atoms with Crippen molar-refractivity contribution >= 4 is 10.0 Å². The number of likely N-dealkylation sites (tertiary alicyclic amines) is 1. The summed E-state index contributed by atoms with van der Waals surface area (Å²) in [6.07, 6.45) is 3.77. The van der Waals surface area contributed by atoms with E-state index in [2.05, 4.69) is 14.9 Å². The molecule has 0 bridgehead atoms. The highest BCUT2D eigenvalue weighted by molar-refractivity contribution is 7.89. The Balaban J connectivity index is 2.26. The molecule has 114 valence electrons. The van der Waals surface area contributed by atoms with Crippen LogP contribution < -0.4 is 10.0 Å². The summed E-state index contributed by atoms with van der Waals surface area (Å²) in [5.74, 6) is 0.148. The van der Waals surface area contributed by atoms with E-state index in [1.165, 1.54) is 19.3 Å². The number of piperidine rings is 1.